The third kappa shape index (κ3) is 3.93. The molecule has 1 heterocycles. The van der Waals surface area contributed by atoms with E-state index in [2.05, 4.69) is 4.99 Å². The number of rotatable bonds is 2. The number of nitrogens with zero attached hydrogens (tertiary/aromatic N) is 3. The summed E-state index contributed by atoms with van der Waals surface area (Å²) >= 11 is 1.46. The van der Waals surface area contributed by atoms with Crippen LogP contribution in [0.1, 0.15) is 19.8 Å². The molecule has 94 valence electrons. The van der Waals surface area contributed by atoms with Gasteiger partial charge in [0.25, 0.3) is 0 Å². The minimum atomic E-state index is -0.102. The Hall–Kier alpha value is -1.22. The predicted octanol–water partition coefficient (Wildman–Crippen LogP) is 1.46. The van der Waals surface area contributed by atoms with Crippen molar-refractivity contribution in [1.82, 2.24) is 4.90 Å². The summed E-state index contributed by atoms with van der Waals surface area (Å²) in [6, 6.07) is 0. The average molecular weight is 255 g/mol. The van der Waals surface area contributed by atoms with Crippen LogP contribution >= 0.6 is 11.8 Å². The third-order valence-electron chi connectivity index (χ3n) is 2.71. The molecule has 1 fully saturated rings. The van der Waals surface area contributed by atoms with Crippen molar-refractivity contribution in [2.24, 2.45) is 10.9 Å². The molecule has 0 bridgehead atoms. The number of likely N-dealkylation sites (tertiary alicyclic amines) is 1. The monoisotopic (exact) mass is 255 g/mol. The SMILES string of the molecule is CCOC(=O)C1CCN(/C(=N/C#N)SC)CC1. The van der Waals surface area contributed by atoms with Crippen molar-refractivity contribution in [1.29, 1.82) is 5.26 Å². The molecule has 0 N–H and O–H groups in total. The summed E-state index contributed by atoms with van der Waals surface area (Å²) in [6.45, 7) is 3.76. The molecular formula is C11H17N3O2S. The first kappa shape index (κ1) is 13.8. The minimum Gasteiger partial charge on any atom is -0.466 e. The first-order valence-electron chi connectivity index (χ1n) is 5.65. The fraction of sp³-hybridized carbons (Fsp3) is 0.727. The zero-order chi connectivity index (χ0) is 12.7. The van der Waals surface area contributed by atoms with Crippen LogP contribution in [0.4, 0.5) is 0 Å². The lowest BCUT2D eigenvalue weighted by molar-refractivity contribution is -0.149. The van der Waals surface area contributed by atoms with Crippen molar-refractivity contribution < 1.29 is 9.53 Å². The second-order valence-electron chi connectivity index (χ2n) is 3.71. The van der Waals surface area contributed by atoms with Crippen LogP contribution in [-0.4, -0.2) is 42.0 Å². The first-order valence-corrected chi connectivity index (χ1v) is 6.87. The van der Waals surface area contributed by atoms with E-state index in [1.165, 1.54) is 11.8 Å². The Bertz CT molecular complexity index is 330. The average Bonchev–Trinajstić information content (AvgIpc) is 2.36. The van der Waals surface area contributed by atoms with Crippen LogP contribution < -0.4 is 0 Å². The molecule has 0 radical (unpaired) electrons. The van der Waals surface area contributed by atoms with Gasteiger partial charge in [0.05, 0.1) is 12.5 Å². The van der Waals surface area contributed by atoms with Gasteiger partial charge in [-0.2, -0.15) is 5.26 Å². The molecule has 0 saturated carbocycles. The summed E-state index contributed by atoms with van der Waals surface area (Å²) in [4.78, 5) is 17.4. The standard InChI is InChI=1S/C11H17N3O2S/c1-3-16-10(15)9-4-6-14(7-5-9)11(17-2)13-8-12/h9H,3-7H2,1-2H3/b13-11-. The van der Waals surface area contributed by atoms with Gasteiger partial charge in [-0.1, -0.05) is 11.8 Å². The fourth-order valence-electron chi connectivity index (χ4n) is 1.85. The lowest BCUT2D eigenvalue weighted by Crippen LogP contribution is -2.39. The maximum atomic E-state index is 11.5. The number of carbonyl (C=O) groups is 1. The third-order valence-corrected chi connectivity index (χ3v) is 3.43. The van der Waals surface area contributed by atoms with Crippen LogP contribution in [0, 0.1) is 17.4 Å². The van der Waals surface area contributed by atoms with Gasteiger partial charge in [0.2, 0.25) is 6.19 Å². The van der Waals surface area contributed by atoms with E-state index in [0.717, 1.165) is 31.1 Å². The van der Waals surface area contributed by atoms with Crippen LogP contribution in [0.3, 0.4) is 0 Å². The molecule has 0 amide bonds. The van der Waals surface area contributed by atoms with E-state index in [1.54, 1.807) is 6.19 Å². The van der Waals surface area contributed by atoms with Crippen molar-refractivity contribution in [2.75, 3.05) is 26.0 Å². The second kappa shape index (κ2) is 7.17. The number of thioether (sulfide) groups is 1. The number of hydrogen-bond donors (Lipinski definition) is 0. The van der Waals surface area contributed by atoms with Crippen LogP contribution in [0.2, 0.25) is 0 Å². The van der Waals surface area contributed by atoms with Crippen molar-refractivity contribution in [2.45, 2.75) is 19.8 Å². The van der Waals surface area contributed by atoms with Gasteiger partial charge in [-0.15, -0.1) is 4.99 Å². The number of hydrogen-bond acceptors (Lipinski definition) is 5. The number of nitriles is 1. The van der Waals surface area contributed by atoms with E-state index in [-0.39, 0.29) is 11.9 Å². The maximum Gasteiger partial charge on any atom is 0.309 e. The molecule has 0 aromatic rings. The normalized spacial score (nSPS) is 17.7. The Morgan fingerprint density at radius 1 is 1.59 bits per heavy atom. The van der Waals surface area contributed by atoms with Crippen molar-refractivity contribution >= 4 is 22.9 Å². The van der Waals surface area contributed by atoms with Crippen LogP contribution in [0.25, 0.3) is 0 Å². The molecule has 5 nitrogen and oxygen atoms in total. The number of piperidine rings is 1. The second-order valence-corrected chi connectivity index (χ2v) is 4.49. The molecule has 0 unspecified atom stereocenters. The highest BCUT2D eigenvalue weighted by Crippen LogP contribution is 2.21. The van der Waals surface area contributed by atoms with Gasteiger partial charge in [0.15, 0.2) is 5.17 Å². The molecule has 1 saturated heterocycles. The Kier molecular flexibility index (Phi) is 5.84. The lowest BCUT2D eigenvalue weighted by Gasteiger charge is -2.31. The molecule has 6 heteroatoms. The predicted molar refractivity (Wildman–Crippen MR) is 67.5 cm³/mol. The minimum absolute atomic E-state index is 0.00334. The van der Waals surface area contributed by atoms with Gasteiger partial charge in [0, 0.05) is 13.1 Å². The van der Waals surface area contributed by atoms with Gasteiger partial charge in [-0.25, -0.2) is 0 Å². The highest BCUT2D eigenvalue weighted by Gasteiger charge is 2.27. The number of amidine groups is 1. The summed E-state index contributed by atoms with van der Waals surface area (Å²) in [5.41, 5.74) is 0. The molecule has 0 aromatic heterocycles. The van der Waals surface area contributed by atoms with Gasteiger partial charge in [0.1, 0.15) is 0 Å². The number of aliphatic imine (C=N–C) groups is 1. The maximum absolute atomic E-state index is 11.5. The Labute approximate surface area is 106 Å². The summed E-state index contributed by atoms with van der Waals surface area (Å²) < 4.78 is 5.01. The number of carbonyl (C=O) groups excluding carboxylic acids is 1. The largest absolute Gasteiger partial charge is 0.466 e. The summed E-state index contributed by atoms with van der Waals surface area (Å²) in [6.07, 6.45) is 5.24. The molecular weight excluding hydrogens is 238 g/mol. The van der Waals surface area contributed by atoms with Gasteiger partial charge in [-0.05, 0) is 26.0 Å². The van der Waals surface area contributed by atoms with Crippen LogP contribution in [0.15, 0.2) is 4.99 Å². The molecule has 1 rings (SSSR count). The quantitative estimate of drug-likeness (QED) is 0.323. The van der Waals surface area contributed by atoms with E-state index in [1.807, 2.05) is 18.1 Å². The van der Waals surface area contributed by atoms with Crippen LogP contribution in [-0.2, 0) is 9.53 Å². The fourth-order valence-corrected chi connectivity index (χ4v) is 2.43. The molecule has 1 aliphatic rings. The smallest absolute Gasteiger partial charge is 0.309 e. The Morgan fingerprint density at radius 3 is 2.71 bits per heavy atom. The number of ether oxygens (including phenoxy) is 1. The first-order chi connectivity index (χ1) is 8.22. The molecule has 0 atom stereocenters. The lowest BCUT2D eigenvalue weighted by atomic mass is 9.97. The van der Waals surface area contributed by atoms with Crippen molar-refractivity contribution in [3.8, 4) is 6.19 Å². The summed E-state index contributed by atoms with van der Waals surface area (Å²) in [5, 5.41) is 9.29. The van der Waals surface area contributed by atoms with Gasteiger partial charge in [-0.3, -0.25) is 4.79 Å². The molecule has 0 aliphatic carbocycles. The van der Waals surface area contributed by atoms with Crippen molar-refractivity contribution in [3.05, 3.63) is 0 Å². The van der Waals surface area contributed by atoms with E-state index in [4.69, 9.17) is 10.00 Å². The van der Waals surface area contributed by atoms with Crippen molar-refractivity contribution in [3.63, 3.8) is 0 Å². The summed E-state index contributed by atoms with van der Waals surface area (Å²) in [5.74, 6) is -0.105. The highest BCUT2D eigenvalue weighted by molar-refractivity contribution is 8.13. The van der Waals surface area contributed by atoms with E-state index >= 15 is 0 Å². The zero-order valence-electron chi connectivity index (χ0n) is 10.2. The highest BCUT2D eigenvalue weighted by atomic mass is 32.2. The number of esters is 1. The topological polar surface area (TPSA) is 65.7 Å². The molecule has 0 spiro atoms. The summed E-state index contributed by atoms with van der Waals surface area (Å²) in [7, 11) is 0. The molecule has 17 heavy (non-hydrogen) atoms. The van der Waals surface area contributed by atoms with E-state index < -0.39 is 0 Å². The van der Waals surface area contributed by atoms with Gasteiger partial charge < -0.3 is 9.64 Å². The Morgan fingerprint density at radius 2 is 2.24 bits per heavy atom. The van der Waals surface area contributed by atoms with E-state index in [0.29, 0.717) is 6.61 Å². The van der Waals surface area contributed by atoms with Crippen LogP contribution in [0.5, 0.6) is 0 Å². The van der Waals surface area contributed by atoms with E-state index in [9.17, 15) is 4.79 Å². The Balaban J connectivity index is 2.48. The molecule has 0 aromatic carbocycles. The van der Waals surface area contributed by atoms with Gasteiger partial charge >= 0.3 is 5.97 Å². The zero-order valence-corrected chi connectivity index (χ0v) is 11.0. The molecule has 1 aliphatic heterocycles.